The van der Waals surface area contributed by atoms with Crippen molar-refractivity contribution in [1.82, 2.24) is 9.80 Å². The van der Waals surface area contributed by atoms with Crippen molar-refractivity contribution in [3.05, 3.63) is 60.7 Å². The molecule has 3 rings (SSSR count). The minimum atomic E-state index is 0.759. The van der Waals surface area contributed by atoms with E-state index in [1.165, 1.54) is 0 Å². The summed E-state index contributed by atoms with van der Waals surface area (Å²) in [6.45, 7) is 8.17. The molecule has 0 saturated carbocycles. The maximum absolute atomic E-state index is 5.79. The summed E-state index contributed by atoms with van der Waals surface area (Å²) in [5.74, 6) is 1.92. The normalized spacial score (nSPS) is 15.8. The van der Waals surface area contributed by atoms with E-state index in [-0.39, 0.29) is 0 Å². The highest BCUT2D eigenvalue weighted by Crippen LogP contribution is 2.10. The van der Waals surface area contributed by atoms with Crippen LogP contribution in [0.15, 0.2) is 60.7 Å². The van der Waals surface area contributed by atoms with Crippen LogP contribution in [0.5, 0.6) is 11.5 Å². The highest BCUT2D eigenvalue weighted by Gasteiger charge is 2.16. The van der Waals surface area contributed by atoms with E-state index < -0.39 is 0 Å². The summed E-state index contributed by atoms with van der Waals surface area (Å²) in [7, 11) is 0. The van der Waals surface area contributed by atoms with Crippen LogP contribution in [0.3, 0.4) is 0 Å². The second-order valence-electron chi connectivity index (χ2n) is 6.36. The lowest BCUT2D eigenvalue weighted by Gasteiger charge is -2.34. The predicted molar refractivity (Wildman–Crippen MR) is 101 cm³/mol. The summed E-state index contributed by atoms with van der Waals surface area (Å²) in [6.07, 6.45) is 1.08. The van der Waals surface area contributed by atoms with Gasteiger partial charge in [-0.25, -0.2) is 0 Å². The smallest absolute Gasteiger partial charge is 0.119 e. The summed E-state index contributed by atoms with van der Waals surface area (Å²) in [4.78, 5) is 5.02. The largest absolute Gasteiger partial charge is 0.494 e. The van der Waals surface area contributed by atoms with E-state index in [0.717, 1.165) is 70.4 Å². The van der Waals surface area contributed by atoms with Gasteiger partial charge in [0.1, 0.15) is 18.1 Å². The Morgan fingerprint density at radius 3 is 1.64 bits per heavy atom. The van der Waals surface area contributed by atoms with Crippen LogP contribution in [-0.4, -0.2) is 62.3 Å². The summed E-state index contributed by atoms with van der Waals surface area (Å²) in [6, 6.07) is 20.1. The number of ether oxygens (including phenoxy) is 2. The van der Waals surface area contributed by atoms with E-state index in [0.29, 0.717) is 0 Å². The maximum Gasteiger partial charge on any atom is 0.119 e. The minimum absolute atomic E-state index is 0.759. The summed E-state index contributed by atoms with van der Waals surface area (Å²) >= 11 is 0. The SMILES string of the molecule is c1ccc(OCCCN2CCN(CCOc3ccccc3)CC2)cc1. The first-order valence-electron chi connectivity index (χ1n) is 9.20. The standard InChI is InChI=1S/C21H28N2O2/c1-3-8-20(9-4-1)24-18-7-12-22-13-15-23(16-14-22)17-19-25-21-10-5-2-6-11-21/h1-6,8-11H,7,12-19H2. The van der Waals surface area contributed by atoms with Crippen LogP contribution in [0.25, 0.3) is 0 Å². The fraction of sp³-hybridized carbons (Fsp3) is 0.429. The van der Waals surface area contributed by atoms with Crippen LogP contribution < -0.4 is 9.47 Å². The van der Waals surface area contributed by atoms with E-state index in [9.17, 15) is 0 Å². The second-order valence-corrected chi connectivity index (χ2v) is 6.36. The monoisotopic (exact) mass is 340 g/mol. The van der Waals surface area contributed by atoms with Crippen molar-refractivity contribution < 1.29 is 9.47 Å². The van der Waals surface area contributed by atoms with Crippen molar-refractivity contribution in [2.75, 3.05) is 52.5 Å². The van der Waals surface area contributed by atoms with Gasteiger partial charge in [0.15, 0.2) is 0 Å². The average molecular weight is 340 g/mol. The van der Waals surface area contributed by atoms with Gasteiger partial charge in [0.05, 0.1) is 6.61 Å². The molecule has 4 heteroatoms. The Balaban J connectivity index is 1.23. The Morgan fingerprint density at radius 2 is 1.08 bits per heavy atom. The third-order valence-electron chi connectivity index (χ3n) is 4.51. The van der Waals surface area contributed by atoms with Crippen LogP contribution in [-0.2, 0) is 0 Å². The van der Waals surface area contributed by atoms with E-state index in [1.54, 1.807) is 0 Å². The molecule has 0 radical (unpaired) electrons. The number of rotatable bonds is 9. The number of benzene rings is 2. The Morgan fingerprint density at radius 1 is 0.600 bits per heavy atom. The molecule has 1 fully saturated rings. The first kappa shape index (κ1) is 17.8. The molecule has 1 aliphatic rings. The lowest BCUT2D eigenvalue weighted by Crippen LogP contribution is -2.47. The molecular formula is C21H28N2O2. The molecule has 134 valence electrons. The molecular weight excluding hydrogens is 312 g/mol. The number of nitrogens with zero attached hydrogens (tertiary/aromatic N) is 2. The highest BCUT2D eigenvalue weighted by atomic mass is 16.5. The van der Waals surface area contributed by atoms with Gasteiger partial charge in [-0.1, -0.05) is 36.4 Å². The van der Waals surface area contributed by atoms with E-state index in [1.807, 2.05) is 60.7 Å². The van der Waals surface area contributed by atoms with Gasteiger partial charge < -0.3 is 14.4 Å². The molecule has 0 spiro atoms. The molecule has 0 amide bonds. The van der Waals surface area contributed by atoms with Crippen molar-refractivity contribution in [3.63, 3.8) is 0 Å². The van der Waals surface area contributed by atoms with Gasteiger partial charge in [0, 0.05) is 39.3 Å². The molecule has 1 aliphatic heterocycles. The van der Waals surface area contributed by atoms with Crippen molar-refractivity contribution in [3.8, 4) is 11.5 Å². The van der Waals surface area contributed by atoms with Crippen molar-refractivity contribution in [1.29, 1.82) is 0 Å². The quantitative estimate of drug-likeness (QED) is 0.655. The second kappa shape index (κ2) is 10.1. The molecule has 2 aromatic rings. The topological polar surface area (TPSA) is 24.9 Å². The molecule has 0 N–H and O–H groups in total. The summed E-state index contributed by atoms with van der Waals surface area (Å²) < 4.78 is 11.5. The van der Waals surface area contributed by atoms with Crippen LogP contribution in [0.1, 0.15) is 6.42 Å². The Kier molecular flexibility index (Phi) is 7.16. The molecule has 2 aromatic carbocycles. The number of hydrogen-bond donors (Lipinski definition) is 0. The van der Waals surface area contributed by atoms with Gasteiger partial charge in [-0.05, 0) is 30.7 Å². The summed E-state index contributed by atoms with van der Waals surface area (Å²) in [5, 5.41) is 0. The van der Waals surface area contributed by atoms with Crippen LogP contribution in [0.4, 0.5) is 0 Å². The van der Waals surface area contributed by atoms with Gasteiger partial charge in [0.25, 0.3) is 0 Å². The van der Waals surface area contributed by atoms with Gasteiger partial charge in [-0.3, -0.25) is 4.90 Å². The molecule has 0 aliphatic carbocycles. The van der Waals surface area contributed by atoms with Crippen LogP contribution >= 0.6 is 0 Å². The minimum Gasteiger partial charge on any atom is -0.494 e. The zero-order valence-corrected chi connectivity index (χ0v) is 14.8. The fourth-order valence-corrected chi connectivity index (χ4v) is 3.04. The van der Waals surface area contributed by atoms with Gasteiger partial charge in [-0.2, -0.15) is 0 Å². The van der Waals surface area contributed by atoms with Crippen molar-refractivity contribution >= 4 is 0 Å². The molecule has 0 bridgehead atoms. The number of para-hydroxylation sites is 2. The average Bonchev–Trinajstić information content (AvgIpc) is 2.68. The van der Waals surface area contributed by atoms with Crippen molar-refractivity contribution in [2.45, 2.75) is 6.42 Å². The van der Waals surface area contributed by atoms with Crippen LogP contribution in [0.2, 0.25) is 0 Å². The van der Waals surface area contributed by atoms with E-state index in [4.69, 9.17) is 9.47 Å². The zero-order valence-electron chi connectivity index (χ0n) is 14.8. The maximum atomic E-state index is 5.79. The molecule has 4 nitrogen and oxygen atoms in total. The Labute approximate surface area is 151 Å². The molecule has 25 heavy (non-hydrogen) atoms. The van der Waals surface area contributed by atoms with E-state index in [2.05, 4.69) is 9.80 Å². The lowest BCUT2D eigenvalue weighted by molar-refractivity contribution is 0.112. The lowest BCUT2D eigenvalue weighted by atomic mass is 10.3. The third-order valence-corrected chi connectivity index (χ3v) is 4.51. The Hall–Kier alpha value is -2.04. The summed E-state index contributed by atoms with van der Waals surface area (Å²) in [5.41, 5.74) is 0. The fourth-order valence-electron chi connectivity index (χ4n) is 3.04. The van der Waals surface area contributed by atoms with E-state index >= 15 is 0 Å². The molecule has 0 unspecified atom stereocenters. The van der Waals surface area contributed by atoms with Gasteiger partial charge in [-0.15, -0.1) is 0 Å². The molecule has 1 heterocycles. The molecule has 1 saturated heterocycles. The Bertz CT molecular complexity index is 583. The number of hydrogen-bond acceptors (Lipinski definition) is 4. The van der Waals surface area contributed by atoms with Crippen LogP contribution in [0, 0.1) is 0 Å². The van der Waals surface area contributed by atoms with Crippen molar-refractivity contribution in [2.24, 2.45) is 0 Å². The van der Waals surface area contributed by atoms with Gasteiger partial charge >= 0.3 is 0 Å². The van der Waals surface area contributed by atoms with Gasteiger partial charge in [0.2, 0.25) is 0 Å². The highest BCUT2D eigenvalue weighted by molar-refractivity contribution is 5.21. The predicted octanol–water partition coefficient (Wildman–Crippen LogP) is 3.15. The first-order valence-corrected chi connectivity index (χ1v) is 9.20. The zero-order chi connectivity index (χ0) is 17.2. The number of piperazine rings is 1. The third kappa shape index (κ3) is 6.40. The molecule has 0 aromatic heterocycles. The first-order chi connectivity index (χ1) is 12.4. The molecule has 0 atom stereocenters.